The van der Waals surface area contributed by atoms with Crippen molar-refractivity contribution in [2.24, 2.45) is 0 Å². The van der Waals surface area contributed by atoms with Gasteiger partial charge in [-0.15, -0.1) is 0 Å². The Morgan fingerprint density at radius 1 is 1.13 bits per heavy atom. The van der Waals surface area contributed by atoms with Crippen molar-refractivity contribution < 1.29 is 27.4 Å². The molecule has 2 atom stereocenters. The Hall–Kier alpha value is -1.88. The van der Waals surface area contributed by atoms with Crippen molar-refractivity contribution in [2.75, 3.05) is 38.2 Å². The van der Waals surface area contributed by atoms with Crippen LogP contribution in [0.3, 0.4) is 0 Å². The molecular formula is C20H27N3O6S. The molecule has 4 aliphatic rings. The van der Waals surface area contributed by atoms with Gasteiger partial charge in [-0.3, -0.25) is 4.79 Å². The average Bonchev–Trinajstić information content (AvgIpc) is 3.48. The van der Waals surface area contributed by atoms with Gasteiger partial charge in [0.25, 0.3) is 5.79 Å². The number of carbonyl (C=O) groups excluding carboxylic acids is 1. The van der Waals surface area contributed by atoms with Gasteiger partial charge in [-0.25, -0.2) is 8.42 Å². The molecule has 3 heterocycles. The summed E-state index contributed by atoms with van der Waals surface area (Å²) in [6, 6.07) is 4.81. The second-order valence-electron chi connectivity index (χ2n) is 8.35. The van der Waals surface area contributed by atoms with E-state index in [1.807, 2.05) is 6.07 Å². The molecular weight excluding hydrogens is 410 g/mol. The molecule has 3 fully saturated rings. The number of carbonyl (C=O) groups is 1. The van der Waals surface area contributed by atoms with E-state index in [9.17, 15) is 13.2 Å². The van der Waals surface area contributed by atoms with Crippen molar-refractivity contribution in [1.82, 2.24) is 9.62 Å². The molecule has 2 N–H and O–H groups in total. The molecule has 1 saturated carbocycles. The lowest BCUT2D eigenvalue weighted by molar-refractivity contribution is -0.117. The van der Waals surface area contributed by atoms with Gasteiger partial charge in [0.2, 0.25) is 15.9 Å². The highest BCUT2D eigenvalue weighted by Crippen LogP contribution is 2.47. The Labute approximate surface area is 176 Å². The summed E-state index contributed by atoms with van der Waals surface area (Å²) < 4.78 is 44.4. The standard InChI is InChI=1S/C20H27N3O6S/c24-19(16-12-15(13-21-16)30(25,26)23-7-9-27-10-8-23)22-14-3-4-17-18(11-14)29-20(28-17)5-1-2-6-20/h3-4,11,15-16,21H,1-2,5-10,12-13H2,(H,22,24). The van der Waals surface area contributed by atoms with Crippen LogP contribution in [0.5, 0.6) is 11.5 Å². The molecule has 0 radical (unpaired) electrons. The molecule has 2 saturated heterocycles. The SMILES string of the molecule is O=C(Nc1ccc2c(c1)OC1(CCCC1)O2)C1CC(S(=O)(=O)N2CCOCC2)CN1. The van der Waals surface area contributed by atoms with Crippen LogP contribution in [-0.4, -0.2) is 68.6 Å². The first-order valence-corrected chi connectivity index (χ1v) is 12.1. The Kier molecular flexibility index (Phi) is 5.12. The molecule has 0 aromatic heterocycles. The number of rotatable bonds is 4. The molecule has 164 valence electrons. The zero-order chi connectivity index (χ0) is 20.8. The number of ether oxygens (including phenoxy) is 3. The van der Waals surface area contributed by atoms with E-state index in [1.165, 1.54) is 4.31 Å². The van der Waals surface area contributed by atoms with Crippen LogP contribution in [0.1, 0.15) is 32.1 Å². The van der Waals surface area contributed by atoms with Crippen LogP contribution in [0.15, 0.2) is 18.2 Å². The number of sulfonamides is 1. The minimum Gasteiger partial charge on any atom is -0.448 e. The fraction of sp³-hybridized carbons (Fsp3) is 0.650. The number of nitrogens with zero attached hydrogens (tertiary/aromatic N) is 1. The lowest BCUT2D eigenvalue weighted by Crippen LogP contribution is -2.45. The van der Waals surface area contributed by atoms with E-state index in [1.54, 1.807) is 12.1 Å². The molecule has 10 heteroatoms. The highest BCUT2D eigenvalue weighted by molar-refractivity contribution is 7.89. The smallest absolute Gasteiger partial charge is 0.251 e. The van der Waals surface area contributed by atoms with Crippen molar-refractivity contribution in [3.8, 4) is 11.5 Å². The third kappa shape index (κ3) is 3.66. The Morgan fingerprint density at radius 3 is 2.63 bits per heavy atom. The summed E-state index contributed by atoms with van der Waals surface area (Å²) in [7, 11) is -3.45. The van der Waals surface area contributed by atoms with Crippen molar-refractivity contribution in [1.29, 1.82) is 0 Å². The minimum absolute atomic E-state index is 0.246. The molecule has 1 amide bonds. The van der Waals surface area contributed by atoms with E-state index in [2.05, 4.69) is 10.6 Å². The summed E-state index contributed by atoms with van der Waals surface area (Å²) in [6.45, 7) is 1.83. The molecule has 1 spiro atoms. The largest absolute Gasteiger partial charge is 0.448 e. The molecule has 1 aliphatic carbocycles. The highest BCUT2D eigenvalue weighted by Gasteiger charge is 2.44. The van der Waals surface area contributed by atoms with Crippen LogP contribution >= 0.6 is 0 Å². The van der Waals surface area contributed by atoms with E-state index >= 15 is 0 Å². The third-order valence-corrected chi connectivity index (χ3v) is 8.61. The average molecular weight is 438 g/mol. The summed E-state index contributed by atoms with van der Waals surface area (Å²) in [6.07, 6.45) is 4.15. The Bertz CT molecular complexity index is 924. The van der Waals surface area contributed by atoms with E-state index in [-0.39, 0.29) is 18.9 Å². The molecule has 30 heavy (non-hydrogen) atoms. The Morgan fingerprint density at radius 2 is 1.87 bits per heavy atom. The molecule has 1 aromatic rings. The van der Waals surface area contributed by atoms with Gasteiger partial charge >= 0.3 is 0 Å². The number of nitrogens with one attached hydrogen (secondary N) is 2. The molecule has 3 aliphatic heterocycles. The highest BCUT2D eigenvalue weighted by atomic mass is 32.2. The number of hydrogen-bond donors (Lipinski definition) is 2. The summed E-state index contributed by atoms with van der Waals surface area (Å²) >= 11 is 0. The Balaban J connectivity index is 1.21. The normalized spacial score (nSPS) is 28.1. The lowest BCUT2D eigenvalue weighted by Gasteiger charge is -2.28. The molecule has 0 bridgehead atoms. The van der Waals surface area contributed by atoms with E-state index < -0.39 is 27.1 Å². The van der Waals surface area contributed by atoms with E-state index in [0.29, 0.717) is 43.5 Å². The summed E-state index contributed by atoms with van der Waals surface area (Å²) in [5.41, 5.74) is 0.610. The van der Waals surface area contributed by atoms with Gasteiger partial charge in [-0.1, -0.05) is 0 Å². The predicted octanol–water partition coefficient (Wildman–Crippen LogP) is 1.06. The van der Waals surface area contributed by atoms with Gasteiger partial charge in [0.1, 0.15) is 0 Å². The number of fused-ring (bicyclic) bond motifs is 1. The van der Waals surface area contributed by atoms with Crippen molar-refractivity contribution >= 4 is 21.6 Å². The van der Waals surface area contributed by atoms with Crippen LogP contribution in [0.2, 0.25) is 0 Å². The van der Waals surface area contributed by atoms with Gasteiger partial charge in [0, 0.05) is 44.2 Å². The van der Waals surface area contributed by atoms with Crippen molar-refractivity contribution in [3.63, 3.8) is 0 Å². The number of benzene rings is 1. The monoisotopic (exact) mass is 437 g/mol. The fourth-order valence-electron chi connectivity index (χ4n) is 4.66. The number of anilines is 1. The number of hydrogen-bond acceptors (Lipinski definition) is 7. The van der Waals surface area contributed by atoms with Gasteiger partial charge < -0.3 is 24.8 Å². The molecule has 2 unspecified atom stereocenters. The maximum absolute atomic E-state index is 12.8. The van der Waals surface area contributed by atoms with Gasteiger partial charge in [0.05, 0.1) is 24.5 Å². The fourth-order valence-corrected chi connectivity index (χ4v) is 6.48. The van der Waals surface area contributed by atoms with Gasteiger partial charge in [-0.2, -0.15) is 4.31 Å². The van der Waals surface area contributed by atoms with Crippen LogP contribution in [0, 0.1) is 0 Å². The predicted molar refractivity (Wildman–Crippen MR) is 109 cm³/mol. The molecule has 1 aromatic carbocycles. The number of morpholine rings is 1. The van der Waals surface area contributed by atoms with Crippen LogP contribution < -0.4 is 20.1 Å². The zero-order valence-corrected chi connectivity index (χ0v) is 17.6. The second kappa shape index (κ2) is 7.67. The molecule has 5 rings (SSSR count). The zero-order valence-electron chi connectivity index (χ0n) is 16.8. The second-order valence-corrected chi connectivity index (χ2v) is 10.6. The van der Waals surface area contributed by atoms with Gasteiger partial charge in [-0.05, 0) is 31.4 Å². The summed E-state index contributed by atoms with van der Waals surface area (Å²) in [5.74, 6) is 0.551. The minimum atomic E-state index is -3.45. The summed E-state index contributed by atoms with van der Waals surface area (Å²) in [4.78, 5) is 12.7. The first-order chi connectivity index (χ1) is 14.5. The lowest BCUT2D eigenvalue weighted by atomic mass is 10.2. The topological polar surface area (TPSA) is 106 Å². The third-order valence-electron chi connectivity index (χ3n) is 6.33. The number of amides is 1. The van der Waals surface area contributed by atoms with E-state index in [4.69, 9.17) is 14.2 Å². The summed E-state index contributed by atoms with van der Waals surface area (Å²) in [5, 5.41) is 5.33. The van der Waals surface area contributed by atoms with Gasteiger partial charge in [0.15, 0.2) is 11.5 Å². The van der Waals surface area contributed by atoms with Crippen LogP contribution in [0.25, 0.3) is 0 Å². The maximum atomic E-state index is 12.8. The van der Waals surface area contributed by atoms with Crippen LogP contribution in [-0.2, 0) is 19.6 Å². The quantitative estimate of drug-likeness (QED) is 0.725. The van der Waals surface area contributed by atoms with Crippen molar-refractivity contribution in [2.45, 2.75) is 49.2 Å². The first kappa shape index (κ1) is 20.0. The first-order valence-electron chi connectivity index (χ1n) is 10.6. The van der Waals surface area contributed by atoms with Crippen molar-refractivity contribution in [3.05, 3.63) is 18.2 Å². The van der Waals surface area contributed by atoms with Crippen LogP contribution in [0.4, 0.5) is 5.69 Å². The van der Waals surface area contributed by atoms with E-state index in [0.717, 1.165) is 25.7 Å². The maximum Gasteiger partial charge on any atom is 0.251 e. The molecule has 9 nitrogen and oxygen atoms in total.